The predicted octanol–water partition coefficient (Wildman–Crippen LogP) is 1.87. The molecule has 0 bridgehead atoms. The second-order valence-corrected chi connectivity index (χ2v) is 5.49. The van der Waals surface area contributed by atoms with Gasteiger partial charge in [0.05, 0.1) is 5.60 Å². The highest BCUT2D eigenvalue weighted by atomic mass is 32.1. The second-order valence-electron chi connectivity index (χ2n) is 4.76. The summed E-state index contributed by atoms with van der Waals surface area (Å²) in [5.74, 6) is 1.23. The Morgan fingerprint density at radius 3 is 2.47 bits per heavy atom. The fourth-order valence-electron chi connectivity index (χ4n) is 1.26. The number of hydrogen-bond donors (Lipinski definition) is 1. The van der Waals surface area contributed by atoms with E-state index in [9.17, 15) is 5.11 Å². The molecule has 15 heavy (non-hydrogen) atoms. The molecule has 1 aromatic rings. The van der Waals surface area contributed by atoms with E-state index in [-0.39, 0.29) is 0 Å². The zero-order chi connectivity index (χ0) is 11.6. The van der Waals surface area contributed by atoms with Gasteiger partial charge in [-0.25, -0.2) is 4.98 Å². The van der Waals surface area contributed by atoms with Crippen molar-refractivity contribution in [3.05, 3.63) is 5.82 Å². The molecule has 0 spiro atoms. The highest BCUT2D eigenvalue weighted by Gasteiger charge is 2.18. The Labute approximate surface area is 95.1 Å². The Bertz CT molecular complexity index is 317. The first-order chi connectivity index (χ1) is 6.79. The van der Waals surface area contributed by atoms with E-state index in [1.165, 1.54) is 11.5 Å². The largest absolute Gasteiger partial charge is 0.389 e. The minimum atomic E-state index is -0.710. The van der Waals surface area contributed by atoms with E-state index in [2.05, 4.69) is 23.2 Å². The molecule has 1 heterocycles. The SMILES string of the molecule is CC(C)c1nsc(N(C)CC(C)(C)O)n1. The molecule has 0 atom stereocenters. The average Bonchev–Trinajstić information content (AvgIpc) is 2.47. The molecule has 0 radical (unpaired) electrons. The maximum Gasteiger partial charge on any atom is 0.205 e. The summed E-state index contributed by atoms with van der Waals surface area (Å²) in [7, 11) is 1.92. The molecule has 1 N–H and O–H groups in total. The minimum absolute atomic E-state index is 0.352. The van der Waals surface area contributed by atoms with E-state index in [0.717, 1.165) is 11.0 Å². The van der Waals surface area contributed by atoms with Crippen LogP contribution in [-0.2, 0) is 0 Å². The summed E-state index contributed by atoms with van der Waals surface area (Å²) in [5.41, 5.74) is -0.710. The molecule has 4 nitrogen and oxygen atoms in total. The van der Waals surface area contributed by atoms with Crippen molar-refractivity contribution >= 4 is 16.7 Å². The summed E-state index contributed by atoms with van der Waals surface area (Å²) < 4.78 is 4.27. The van der Waals surface area contributed by atoms with E-state index in [1.807, 2.05) is 11.9 Å². The smallest absolute Gasteiger partial charge is 0.205 e. The molecule has 0 saturated carbocycles. The topological polar surface area (TPSA) is 49.2 Å². The van der Waals surface area contributed by atoms with Crippen molar-refractivity contribution in [2.24, 2.45) is 0 Å². The quantitative estimate of drug-likeness (QED) is 0.856. The lowest BCUT2D eigenvalue weighted by molar-refractivity contribution is 0.0886. The Hall–Kier alpha value is -0.680. The van der Waals surface area contributed by atoms with Crippen LogP contribution in [0, 0.1) is 0 Å². The van der Waals surface area contributed by atoms with Gasteiger partial charge in [-0.15, -0.1) is 0 Å². The molecule has 0 aliphatic carbocycles. The number of aromatic nitrogens is 2. The van der Waals surface area contributed by atoms with Crippen LogP contribution < -0.4 is 4.90 Å². The number of aliphatic hydroxyl groups is 1. The number of nitrogens with zero attached hydrogens (tertiary/aromatic N) is 3. The van der Waals surface area contributed by atoms with E-state index in [0.29, 0.717) is 12.5 Å². The van der Waals surface area contributed by atoms with Crippen molar-refractivity contribution in [2.75, 3.05) is 18.5 Å². The standard InChI is InChI=1S/C10H19N3OS/c1-7(2)8-11-9(15-12-8)13(5)6-10(3,4)14/h7,14H,6H2,1-5H3. The van der Waals surface area contributed by atoms with Crippen LogP contribution in [0.25, 0.3) is 0 Å². The summed E-state index contributed by atoms with van der Waals surface area (Å²) in [6, 6.07) is 0. The molecule has 5 heteroatoms. The highest BCUT2D eigenvalue weighted by Crippen LogP contribution is 2.21. The minimum Gasteiger partial charge on any atom is -0.389 e. The summed E-state index contributed by atoms with van der Waals surface area (Å²) in [6.07, 6.45) is 0. The lowest BCUT2D eigenvalue weighted by Crippen LogP contribution is -2.36. The Balaban J connectivity index is 2.70. The zero-order valence-corrected chi connectivity index (χ0v) is 10.8. The van der Waals surface area contributed by atoms with Gasteiger partial charge in [0.2, 0.25) is 5.13 Å². The van der Waals surface area contributed by atoms with Crippen LogP contribution in [0.1, 0.15) is 39.4 Å². The van der Waals surface area contributed by atoms with Crippen LogP contribution in [-0.4, -0.2) is 33.7 Å². The third-order valence-electron chi connectivity index (χ3n) is 1.90. The zero-order valence-electron chi connectivity index (χ0n) is 9.98. The van der Waals surface area contributed by atoms with Crippen molar-refractivity contribution in [1.29, 1.82) is 0 Å². The van der Waals surface area contributed by atoms with Gasteiger partial charge in [0, 0.05) is 31.0 Å². The highest BCUT2D eigenvalue weighted by molar-refractivity contribution is 7.09. The average molecular weight is 229 g/mol. The molecule has 1 aromatic heterocycles. The van der Waals surface area contributed by atoms with Crippen molar-refractivity contribution in [1.82, 2.24) is 9.36 Å². The van der Waals surface area contributed by atoms with Gasteiger partial charge in [0.1, 0.15) is 5.82 Å². The molecule has 0 aromatic carbocycles. The predicted molar refractivity (Wildman–Crippen MR) is 63.6 cm³/mol. The molecule has 0 aliphatic heterocycles. The summed E-state index contributed by atoms with van der Waals surface area (Å²) >= 11 is 1.38. The van der Waals surface area contributed by atoms with Crippen molar-refractivity contribution < 1.29 is 5.11 Å². The maximum absolute atomic E-state index is 9.68. The summed E-state index contributed by atoms with van der Waals surface area (Å²) in [6.45, 7) is 8.27. The Morgan fingerprint density at radius 1 is 1.47 bits per heavy atom. The van der Waals surface area contributed by atoms with Crippen LogP contribution in [0.2, 0.25) is 0 Å². The third kappa shape index (κ3) is 3.76. The summed E-state index contributed by atoms with van der Waals surface area (Å²) in [4.78, 5) is 6.35. The van der Waals surface area contributed by atoms with Crippen LogP contribution in [0.15, 0.2) is 0 Å². The number of rotatable bonds is 4. The third-order valence-corrected chi connectivity index (χ3v) is 2.74. The molecular weight excluding hydrogens is 210 g/mol. The van der Waals surface area contributed by atoms with Gasteiger partial charge in [-0.05, 0) is 13.8 Å². The van der Waals surface area contributed by atoms with E-state index >= 15 is 0 Å². The number of likely N-dealkylation sites (N-methyl/N-ethyl adjacent to an activating group) is 1. The van der Waals surface area contributed by atoms with Gasteiger partial charge in [-0.3, -0.25) is 0 Å². The van der Waals surface area contributed by atoms with Gasteiger partial charge in [0.25, 0.3) is 0 Å². The Kier molecular flexibility index (Phi) is 3.67. The van der Waals surface area contributed by atoms with Crippen LogP contribution in [0.3, 0.4) is 0 Å². The first-order valence-corrected chi connectivity index (χ1v) is 5.84. The summed E-state index contributed by atoms with van der Waals surface area (Å²) in [5, 5.41) is 10.5. The fourth-order valence-corrected chi connectivity index (χ4v) is 2.03. The second kappa shape index (κ2) is 4.45. The number of hydrogen-bond acceptors (Lipinski definition) is 5. The van der Waals surface area contributed by atoms with Crippen LogP contribution in [0.5, 0.6) is 0 Å². The monoisotopic (exact) mass is 229 g/mol. The molecule has 0 fully saturated rings. The normalized spacial score (nSPS) is 12.2. The van der Waals surface area contributed by atoms with E-state index < -0.39 is 5.60 Å². The molecule has 0 amide bonds. The van der Waals surface area contributed by atoms with Gasteiger partial charge >= 0.3 is 0 Å². The molecular formula is C10H19N3OS. The molecule has 86 valence electrons. The van der Waals surface area contributed by atoms with Crippen molar-refractivity contribution in [2.45, 2.75) is 39.2 Å². The number of anilines is 1. The molecule has 0 aliphatic rings. The van der Waals surface area contributed by atoms with Gasteiger partial charge in [-0.1, -0.05) is 13.8 Å². The van der Waals surface area contributed by atoms with Crippen molar-refractivity contribution in [3.63, 3.8) is 0 Å². The van der Waals surface area contributed by atoms with Crippen LogP contribution >= 0.6 is 11.5 Å². The maximum atomic E-state index is 9.68. The molecule has 1 rings (SSSR count). The Morgan fingerprint density at radius 2 is 2.07 bits per heavy atom. The lowest BCUT2D eigenvalue weighted by atomic mass is 10.1. The fraction of sp³-hybridized carbons (Fsp3) is 0.800. The molecule has 0 unspecified atom stereocenters. The first-order valence-electron chi connectivity index (χ1n) is 5.07. The molecule has 0 saturated heterocycles. The van der Waals surface area contributed by atoms with Gasteiger partial charge in [-0.2, -0.15) is 4.37 Å². The first kappa shape index (κ1) is 12.4. The van der Waals surface area contributed by atoms with Gasteiger partial charge in [0.15, 0.2) is 0 Å². The van der Waals surface area contributed by atoms with Crippen LogP contribution in [0.4, 0.5) is 5.13 Å². The van der Waals surface area contributed by atoms with Gasteiger partial charge < -0.3 is 10.0 Å². The lowest BCUT2D eigenvalue weighted by Gasteiger charge is -2.24. The van der Waals surface area contributed by atoms with E-state index in [1.54, 1.807) is 13.8 Å². The van der Waals surface area contributed by atoms with Crippen molar-refractivity contribution in [3.8, 4) is 0 Å². The van der Waals surface area contributed by atoms with E-state index in [4.69, 9.17) is 0 Å².